The molecule has 0 bridgehead atoms. The van der Waals surface area contributed by atoms with Crippen molar-refractivity contribution >= 4 is 15.9 Å². The van der Waals surface area contributed by atoms with E-state index < -0.39 is 18.0 Å². The van der Waals surface area contributed by atoms with Crippen LogP contribution in [0.1, 0.15) is 32.1 Å². The molecule has 72 valence electrons. The fourth-order valence-corrected chi connectivity index (χ4v) is 2.67. The van der Waals surface area contributed by atoms with E-state index in [0.29, 0.717) is 5.33 Å². The van der Waals surface area contributed by atoms with Crippen molar-refractivity contribution in [1.29, 1.82) is 0 Å². The zero-order valence-corrected chi connectivity index (χ0v) is 8.34. The van der Waals surface area contributed by atoms with Gasteiger partial charge in [-0.3, -0.25) is 0 Å². The van der Waals surface area contributed by atoms with E-state index in [9.17, 15) is 13.2 Å². The quantitative estimate of drug-likeness (QED) is 0.647. The van der Waals surface area contributed by atoms with Gasteiger partial charge in [-0.05, 0) is 18.3 Å². The van der Waals surface area contributed by atoms with Gasteiger partial charge in [0.25, 0.3) is 0 Å². The van der Waals surface area contributed by atoms with Gasteiger partial charge in [-0.2, -0.15) is 13.2 Å². The van der Waals surface area contributed by atoms with Crippen molar-refractivity contribution < 1.29 is 13.2 Å². The van der Waals surface area contributed by atoms with Crippen LogP contribution in [0.4, 0.5) is 13.2 Å². The second kappa shape index (κ2) is 3.56. The summed E-state index contributed by atoms with van der Waals surface area (Å²) in [6.45, 7) is 0. The van der Waals surface area contributed by atoms with Crippen molar-refractivity contribution in [2.75, 3.05) is 5.33 Å². The maximum absolute atomic E-state index is 12.1. The molecule has 1 fully saturated rings. The van der Waals surface area contributed by atoms with E-state index in [1.54, 1.807) is 0 Å². The van der Waals surface area contributed by atoms with Crippen LogP contribution < -0.4 is 0 Å². The Morgan fingerprint density at radius 2 is 1.67 bits per heavy atom. The summed E-state index contributed by atoms with van der Waals surface area (Å²) in [4.78, 5) is 0. The number of rotatable bonds is 2. The molecule has 0 atom stereocenters. The Kier molecular flexibility index (Phi) is 3.07. The zero-order chi connectivity index (χ0) is 9.24. The third-order valence-electron chi connectivity index (χ3n) is 2.52. The highest BCUT2D eigenvalue weighted by Crippen LogP contribution is 2.46. The van der Waals surface area contributed by atoms with Crippen LogP contribution in [-0.4, -0.2) is 11.5 Å². The molecule has 0 aromatic carbocycles. The Balaban J connectivity index is 2.55. The largest absolute Gasteiger partial charge is 0.389 e. The highest BCUT2D eigenvalue weighted by atomic mass is 79.9. The van der Waals surface area contributed by atoms with Crippen LogP contribution in [0.2, 0.25) is 0 Å². The van der Waals surface area contributed by atoms with Crippen LogP contribution in [0.15, 0.2) is 0 Å². The third-order valence-corrected chi connectivity index (χ3v) is 3.71. The van der Waals surface area contributed by atoms with Gasteiger partial charge in [0, 0.05) is 11.8 Å². The van der Waals surface area contributed by atoms with Gasteiger partial charge in [-0.15, -0.1) is 0 Å². The molecule has 0 aliphatic heterocycles. The van der Waals surface area contributed by atoms with Crippen LogP contribution in [0.25, 0.3) is 0 Å². The molecule has 0 nitrogen and oxygen atoms in total. The summed E-state index contributed by atoms with van der Waals surface area (Å²) >= 11 is 3.19. The maximum atomic E-state index is 12.1. The lowest BCUT2D eigenvalue weighted by Gasteiger charge is -2.27. The Morgan fingerprint density at radius 3 is 2.00 bits per heavy atom. The lowest BCUT2D eigenvalue weighted by molar-refractivity contribution is -0.154. The molecule has 0 aromatic heterocycles. The summed E-state index contributed by atoms with van der Waals surface area (Å²) in [6, 6.07) is 0. The van der Waals surface area contributed by atoms with E-state index in [4.69, 9.17) is 0 Å². The van der Waals surface area contributed by atoms with Gasteiger partial charge in [0.05, 0.1) is 0 Å². The number of halogens is 4. The Hall–Kier alpha value is 0.270. The maximum Gasteiger partial charge on any atom is 0.389 e. The average molecular weight is 245 g/mol. The van der Waals surface area contributed by atoms with Gasteiger partial charge < -0.3 is 0 Å². The van der Waals surface area contributed by atoms with Crippen molar-refractivity contribution in [3.05, 3.63) is 0 Å². The predicted octanol–water partition coefficient (Wildman–Crippen LogP) is 3.89. The van der Waals surface area contributed by atoms with Gasteiger partial charge in [-0.25, -0.2) is 0 Å². The van der Waals surface area contributed by atoms with Crippen LogP contribution in [0.5, 0.6) is 0 Å². The summed E-state index contributed by atoms with van der Waals surface area (Å²) in [7, 11) is 0. The summed E-state index contributed by atoms with van der Waals surface area (Å²) in [5.41, 5.74) is -0.488. The Bertz CT molecular complexity index is 147. The molecule has 1 rings (SSSR count). The van der Waals surface area contributed by atoms with Crippen molar-refractivity contribution in [3.8, 4) is 0 Å². The monoisotopic (exact) mass is 244 g/mol. The van der Waals surface area contributed by atoms with Crippen LogP contribution >= 0.6 is 15.9 Å². The molecule has 4 heteroatoms. The van der Waals surface area contributed by atoms with E-state index in [1.165, 1.54) is 0 Å². The fourth-order valence-electron chi connectivity index (χ4n) is 1.91. The van der Waals surface area contributed by atoms with Gasteiger partial charge in [0.15, 0.2) is 0 Å². The van der Waals surface area contributed by atoms with Gasteiger partial charge in [-0.1, -0.05) is 28.8 Å². The van der Waals surface area contributed by atoms with E-state index >= 15 is 0 Å². The minimum Gasteiger partial charge on any atom is -0.171 e. The van der Waals surface area contributed by atoms with Crippen molar-refractivity contribution in [2.24, 2.45) is 5.41 Å². The first-order valence-corrected chi connectivity index (χ1v) is 5.22. The fraction of sp³-hybridized carbons (Fsp3) is 1.00. The van der Waals surface area contributed by atoms with Crippen molar-refractivity contribution in [3.63, 3.8) is 0 Å². The van der Waals surface area contributed by atoms with Crippen LogP contribution in [0.3, 0.4) is 0 Å². The first kappa shape index (κ1) is 10.4. The minimum absolute atomic E-state index is 0.486. The summed E-state index contributed by atoms with van der Waals surface area (Å²) in [5, 5.41) is 0.486. The summed E-state index contributed by atoms with van der Waals surface area (Å²) < 4.78 is 36.4. The first-order valence-electron chi connectivity index (χ1n) is 4.10. The second-order valence-electron chi connectivity index (χ2n) is 3.63. The van der Waals surface area contributed by atoms with E-state index in [2.05, 4.69) is 15.9 Å². The number of hydrogen-bond acceptors (Lipinski definition) is 0. The highest BCUT2D eigenvalue weighted by Gasteiger charge is 2.43. The smallest absolute Gasteiger partial charge is 0.171 e. The highest BCUT2D eigenvalue weighted by molar-refractivity contribution is 9.09. The molecule has 12 heavy (non-hydrogen) atoms. The number of alkyl halides is 4. The SMILES string of the molecule is FC(F)(F)CC1(CBr)CCCC1. The summed E-state index contributed by atoms with van der Waals surface area (Å²) in [6.07, 6.45) is -1.29. The lowest BCUT2D eigenvalue weighted by atomic mass is 9.85. The lowest BCUT2D eigenvalue weighted by Crippen LogP contribution is -2.26. The molecule has 0 aromatic rings. The molecule has 1 aliphatic carbocycles. The van der Waals surface area contributed by atoms with Crippen LogP contribution in [0, 0.1) is 5.41 Å². The molecule has 0 unspecified atom stereocenters. The molecule has 1 saturated carbocycles. The van der Waals surface area contributed by atoms with Crippen LogP contribution in [-0.2, 0) is 0 Å². The average Bonchev–Trinajstić information content (AvgIpc) is 2.34. The normalized spacial score (nSPS) is 23.0. The molecule has 0 N–H and O–H groups in total. The van der Waals surface area contributed by atoms with Gasteiger partial charge >= 0.3 is 6.18 Å². The minimum atomic E-state index is -4.00. The predicted molar refractivity (Wildman–Crippen MR) is 45.4 cm³/mol. The standard InChI is InChI=1S/C8H12BrF3/c9-6-7(3-1-2-4-7)5-8(10,11)12/h1-6H2. The molecule has 0 radical (unpaired) electrons. The molecular formula is C8H12BrF3. The molecule has 0 heterocycles. The second-order valence-corrected chi connectivity index (χ2v) is 4.19. The molecule has 0 amide bonds. The first-order chi connectivity index (χ1) is 5.47. The van der Waals surface area contributed by atoms with Crippen molar-refractivity contribution in [2.45, 2.75) is 38.3 Å². The van der Waals surface area contributed by atoms with E-state index in [1.807, 2.05) is 0 Å². The molecular weight excluding hydrogens is 233 g/mol. The topological polar surface area (TPSA) is 0 Å². The Labute approximate surface area is 78.7 Å². The van der Waals surface area contributed by atoms with Crippen molar-refractivity contribution in [1.82, 2.24) is 0 Å². The third kappa shape index (κ3) is 2.64. The number of hydrogen-bond donors (Lipinski definition) is 0. The van der Waals surface area contributed by atoms with Gasteiger partial charge in [0.2, 0.25) is 0 Å². The zero-order valence-electron chi connectivity index (χ0n) is 6.75. The Morgan fingerprint density at radius 1 is 1.17 bits per heavy atom. The van der Waals surface area contributed by atoms with Gasteiger partial charge in [0.1, 0.15) is 0 Å². The molecule has 0 spiro atoms. The van der Waals surface area contributed by atoms with E-state index in [-0.39, 0.29) is 0 Å². The molecule has 0 saturated heterocycles. The van der Waals surface area contributed by atoms with E-state index in [0.717, 1.165) is 25.7 Å². The molecule has 1 aliphatic rings. The summed E-state index contributed by atoms with van der Waals surface area (Å²) in [5.74, 6) is 0.